The fourth-order valence-corrected chi connectivity index (χ4v) is 1.29. The Bertz CT molecular complexity index is 302. The zero-order valence-corrected chi connectivity index (χ0v) is 9.60. The quantitative estimate of drug-likeness (QED) is 0.799. The molecule has 2 N–H and O–H groups in total. The van der Waals surface area contributed by atoms with E-state index >= 15 is 0 Å². The lowest BCUT2D eigenvalue weighted by Crippen LogP contribution is -2.24. The number of ether oxygens (including phenoxy) is 1. The van der Waals surface area contributed by atoms with Gasteiger partial charge in [0.1, 0.15) is 0 Å². The van der Waals surface area contributed by atoms with Crippen LogP contribution >= 0.6 is 0 Å². The first kappa shape index (κ1) is 11.8. The van der Waals surface area contributed by atoms with E-state index in [1.807, 2.05) is 27.0 Å². The lowest BCUT2D eigenvalue weighted by atomic mass is 10.3. The summed E-state index contributed by atoms with van der Waals surface area (Å²) in [4.78, 5) is 6.02. The first-order valence-corrected chi connectivity index (χ1v) is 5.13. The predicted molar refractivity (Wildman–Crippen MR) is 63.0 cm³/mol. The van der Waals surface area contributed by atoms with Crippen molar-refractivity contribution in [3.63, 3.8) is 0 Å². The third kappa shape index (κ3) is 3.75. The Labute approximate surface area is 91.1 Å². The van der Waals surface area contributed by atoms with Crippen LogP contribution in [0.25, 0.3) is 0 Å². The van der Waals surface area contributed by atoms with Crippen molar-refractivity contribution >= 4 is 11.4 Å². The molecule has 4 heteroatoms. The molecule has 0 aromatic carbocycles. The molecule has 0 saturated heterocycles. The van der Waals surface area contributed by atoms with E-state index in [4.69, 9.17) is 10.5 Å². The summed E-state index contributed by atoms with van der Waals surface area (Å²) >= 11 is 0. The molecular formula is C11H19N3O. The maximum Gasteiger partial charge on any atom is 0.0738 e. The molecule has 0 spiro atoms. The van der Waals surface area contributed by atoms with Gasteiger partial charge in [-0.2, -0.15) is 0 Å². The number of nitrogens with two attached hydrogens (primary N) is 1. The highest BCUT2D eigenvalue weighted by Crippen LogP contribution is 2.19. The number of likely N-dealkylation sites (N-methyl/N-ethyl adjacent to an activating group) is 1. The molecule has 1 aromatic heterocycles. The largest absolute Gasteiger partial charge is 0.396 e. The molecule has 15 heavy (non-hydrogen) atoms. The number of nitrogens with zero attached hydrogens (tertiary/aromatic N) is 2. The van der Waals surface area contributed by atoms with E-state index in [0.29, 0.717) is 12.3 Å². The third-order valence-corrected chi connectivity index (χ3v) is 2.12. The van der Waals surface area contributed by atoms with Crippen molar-refractivity contribution in [3.8, 4) is 0 Å². The molecular weight excluding hydrogens is 190 g/mol. The molecule has 84 valence electrons. The highest BCUT2D eigenvalue weighted by atomic mass is 16.5. The minimum Gasteiger partial charge on any atom is -0.396 e. The lowest BCUT2D eigenvalue weighted by Gasteiger charge is -2.21. The van der Waals surface area contributed by atoms with Gasteiger partial charge in [0.05, 0.1) is 30.3 Å². The van der Waals surface area contributed by atoms with Crippen molar-refractivity contribution in [1.29, 1.82) is 0 Å². The second-order valence-electron chi connectivity index (χ2n) is 3.78. The first-order chi connectivity index (χ1) is 7.11. The van der Waals surface area contributed by atoms with Crippen LogP contribution in [0.1, 0.15) is 13.8 Å². The minimum atomic E-state index is 0.271. The van der Waals surface area contributed by atoms with Gasteiger partial charge < -0.3 is 15.4 Å². The molecule has 1 rings (SSSR count). The summed E-state index contributed by atoms with van der Waals surface area (Å²) in [6.07, 6.45) is 3.67. The zero-order valence-electron chi connectivity index (χ0n) is 9.60. The fourth-order valence-electron chi connectivity index (χ4n) is 1.29. The fraction of sp³-hybridized carbons (Fsp3) is 0.545. The zero-order chi connectivity index (χ0) is 11.3. The molecule has 0 radical (unpaired) electrons. The van der Waals surface area contributed by atoms with Crippen LogP contribution in [-0.2, 0) is 4.74 Å². The van der Waals surface area contributed by atoms with Gasteiger partial charge in [-0.3, -0.25) is 4.98 Å². The van der Waals surface area contributed by atoms with Gasteiger partial charge in [0.25, 0.3) is 0 Å². The Morgan fingerprint density at radius 1 is 1.53 bits per heavy atom. The normalized spacial score (nSPS) is 10.7. The number of aromatic nitrogens is 1. The SMILES string of the molecule is CC(C)OCCN(C)c1ccncc1N. The molecule has 0 aliphatic rings. The standard InChI is InChI=1S/C11H19N3O/c1-9(2)15-7-6-14(3)11-4-5-13-8-10(11)12/h4-5,8-9H,6-7,12H2,1-3H3. The van der Waals surface area contributed by atoms with Crippen LogP contribution < -0.4 is 10.6 Å². The highest BCUT2D eigenvalue weighted by Gasteiger charge is 2.04. The maximum absolute atomic E-state index is 5.81. The highest BCUT2D eigenvalue weighted by molar-refractivity contribution is 5.65. The molecule has 1 heterocycles. The average molecular weight is 209 g/mol. The van der Waals surface area contributed by atoms with Crippen LogP contribution in [0.4, 0.5) is 11.4 Å². The summed E-state index contributed by atoms with van der Waals surface area (Å²) < 4.78 is 5.48. The summed E-state index contributed by atoms with van der Waals surface area (Å²) in [6.45, 7) is 5.59. The Morgan fingerprint density at radius 2 is 2.27 bits per heavy atom. The van der Waals surface area contributed by atoms with E-state index in [0.717, 1.165) is 12.2 Å². The Hall–Kier alpha value is -1.29. The van der Waals surface area contributed by atoms with Crippen molar-refractivity contribution < 1.29 is 4.74 Å². The van der Waals surface area contributed by atoms with Gasteiger partial charge in [0.2, 0.25) is 0 Å². The minimum absolute atomic E-state index is 0.271. The van der Waals surface area contributed by atoms with Gasteiger partial charge in [-0.1, -0.05) is 0 Å². The molecule has 4 nitrogen and oxygen atoms in total. The lowest BCUT2D eigenvalue weighted by molar-refractivity contribution is 0.0846. The number of anilines is 2. The molecule has 0 unspecified atom stereocenters. The van der Waals surface area contributed by atoms with Crippen LogP contribution in [-0.4, -0.2) is 31.3 Å². The van der Waals surface area contributed by atoms with E-state index in [-0.39, 0.29) is 6.10 Å². The van der Waals surface area contributed by atoms with Crippen molar-refractivity contribution in [1.82, 2.24) is 4.98 Å². The molecule has 0 amide bonds. The molecule has 1 aromatic rings. The number of nitrogen functional groups attached to an aromatic ring is 1. The molecule has 0 saturated carbocycles. The van der Waals surface area contributed by atoms with Gasteiger partial charge in [-0.05, 0) is 19.9 Å². The van der Waals surface area contributed by atoms with Crippen molar-refractivity contribution in [3.05, 3.63) is 18.5 Å². The number of hydrogen-bond donors (Lipinski definition) is 1. The van der Waals surface area contributed by atoms with E-state index in [1.165, 1.54) is 0 Å². The van der Waals surface area contributed by atoms with Crippen molar-refractivity contribution in [2.75, 3.05) is 30.8 Å². The first-order valence-electron chi connectivity index (χ1n) is 5.13. The molecule has 0 bridgehead atoms. The smallest absolute Gasteiger partial charge is 0.0738 e. The Morgan fingerprint density at radius 3 is 2.87 bits per heavy atom. The molecule has 0 fully saturated rings. The Kier molecular flexibility index (Phi) is 4.37. The van der Waals surface area contributed by atoms with Crippen LogP contribution in [0.2, 0.25) is 0 Å². The van der Waals surface area contributed by atoms with E-state index in [9.17, 15) is 0 Å². The summed E-state index contributed by atoms with van der Waals surface area (Å²) in [5, 5.41) is 0. The Balaban J connectivity index is 2.47. The molecule has 0 aliphatic heterocycles. The topological polar surface area (TPSA) is 51.4 Å². The average Bonchev–Trinajstić information content (AvgIpc) is 2.17. The second-order valence-corrected chi connectivity index (χ2v) is 3.78. The second kappa shape index (κ2) is 5.56. The van der Waals surface area contributed by atoms with Gasteiger partial charge in [-0.25, -0.2) is 0 Å². The summed E-state index contributed by atoms with van der Waals surface area (Å²) in [5.74, 6) is 0. The monoisotopic (exact) mass is 209 g/mol. The number of rotatable bonds is 5. The van der Waals surface area contributed by atoms with Crippen LogP contribution in [0.3, 0.4) is 0 Å². The number of hydrogen-bond acceptors (Lipinski definition) is 4. The number of pyridine rings is 1. The van der Waals surface area contributed by atoms with E-state index < -0.39 is 0 Å². The van der Waals surface area contributed by atoms with Crippen LogP contribution in [0.5, 0.6) is 0 Å². The summed E-state index contributed by atoms with van der Waals surface area (Å²) in [6, 6.07) is 1.91. The molecule has 0 aliphatic carbocycles. The maximum atomic E-state index is 5.81. The van der Waals surface area contributed by atoms with E-state index in [2.05, 4.69) is 9.88 Å². The van der Waals surface area contributed by atoms with Gasteiger partial charge >= 0.3 is 0 Å². The van der Waals surface area contributed by atoms with Crippen LogP contribution in [0.15, 0.2) is 18.5 Å². The van der Waals surface area contributed by atoms with Gasteiger partial charge in [-0.15, -0.1) is 0 Å². The van der Waals surface area contributed by atoms with Crippen molar-refractivity contribution in [2.45, 2.75) is 20.0 Å². The van der Waals surface area contributed by atoms with Gasteiger partial charge in [0.15, 0.2) is 0 Å². The van der Waals surface area contributed by atoms with E-state index in [1.54, 1.807) is 12.4 Å². The third-order valence-electron chi connectivity index (χ3n) is 2.12. The van der Waals surface area contributed by atoms with Crippen LogP contribution in [0, 0.1) is 0 Å². The van der Waals surface area contributed by atoms with Gasteiger partial charge in [0, 0.05) is 19.8 Å². The summed E-state index contributed by atoms with van der Waals surface area (Å²) in [7, 11) is 2.00. The molecule has 0 atom stereocenters. The van der Waals surface area contributed by atoms with Crippen molar-refractivity contribution in [2.24, 2.45) is 0 Å². The summed E-state index contributed by atoms with van der Waals surface area (Å²) in [5.41, 5.74) is 7.50. The predicted octanol–water partition coefficient (Wildman–Crippen LogP) is 1.52.